The molecular formula is C12H11N3OS. The molecule has 0 aliphatic carbocycles. The topological polar surface area (TPSA) is 63.9 Å². The summed E-state index contributed by atoms with van der Waals surface area (Å²) in [5.74, 6) is 0.878. The highest BCUT2D eigenvalue weighted by atomic mass is 32.1. The summed E-state index contributed by atoms with van der Waals surface area (Å²) >= 11 is 1.67. The van der Waals surface area contributed by atoms with E-state index in [1.807, 2.05) is 12.1 Å². The number of nitrogens with one attached hydrogen (secondary N) is 1. The number of nitrogens with zero attached hydrogens (tertiary/aromatic N) is 1. The lowest BCUT2D eigenvalue weighted by Crippen LogP contribution is -1.83. The molecule has 0 aliphatic rings. The lowest BCUT2D eigenvalue weighted by Gasteiger charge is -1.99. The van der Waals surface area contributed by atoms with Crippen molar-refractivity contribution in [1.82, 2.24) is 10.2 Å². The van der Waals surface area contributed by atoms with Crippen LogP contribution in [0, 0.1) is 0 Å². The summed E-state index contributed by atoms with van der Waals surface area (Å²) in [6.07, 6.45) is 1.62. The van der Waals surface area contributed by atoms with Gasteiger partial charge in [0.15, 0.2) is 0 Å². The van der Waals surface area contributed by atoms with Crippen LogP contribution in [0.15, 0.2) is 30.5 Å². The normalized spacial score (nSPS) is 10.9. The van der Waals surface area contributed by atoms with Crippen LogP contribution in [0.5, 0.6) is 5.75 Å². The fourth-order valence-electron chi connectivity index (χ4n) is 1.83. The molecule has 0 amide bonds. The van der Waals surface area contributed by atoms with E-state index in [0.29, 0.717) is 5.69 Å². The summed E-state index contributed by atoms with van der Waals surface area (Å²) in [6, 6.07) is 8.08. The summed E-state index contributed by atoms with van der Waals surface area (Å²) in [4.78, 5) is 1.07. The number of H-pyrrole nitrogens is 1. The van der Waals surface area contributed by atoms with Crippen molar-refractivity contribution in [3.05, 3.63) is 30.5 Å². The number of nitrogen functional groups attached to an aromatic ring is 1. The van der Waals surface area contributed by atoms with E-state index in [-0.39, 0.29) is 0 Å². The highest BCUT2D eigenvalue weighted by molar-refractivity contribution is 7.22. The van der Waals surface area contributed by atoms with Gasteiger partial charge in [0.1, 0.15) is 5.75 Å². The zero-order chi connectivity index (χ0) is 11.8. The third-order valence-corrected chi connectivity index (χ3v) is 3.77. The van der Waals surface area contributed by atoms with E-state index < -0.39 is 0 Å². The molecule has 3 aromatic rings. The van der Waals surface area contributed by atoms with Crippen LogP contribution in [0.4, 0.5) is 5.69 Å². The first-order chi connectivity index (χ1) is 8.29. The second kappa shape index (κ2) is 3.78. The Bertz CT molecular complexity index is 671. The van der Waals surface area contributed by atoms with Crippen LogP contribution in [0.2, 0.25) is 0 Å². The van der Waals surface area contributed by atoms with Crippen LogP contribution in [0.25, 0.3) is 20.7 Å². The monoisotopic (exact) mass is 245 g/mol. The minimum Gasteiger partial charge on any atom is -0.496 e. The van der Waals surface area contributed by atoms with Gasteiger partial charge in [-0.25, -0.2) is 0 Å². The third-order valence-electron chi connectivity index (χ3n) is 2.66. The Balaban J connectivity index is 2.24. The van der Waals surface area contributed by atoms with Gasteiger partial charge in [0.2, 0.25) is 0 Å². The van der Waals surface area contributed by atoms with E-state index in [0.717, 1.165) is 21.7 Å². The van der Waals surface area contributed by atoms with Crippen molar-refractivity contribution in [3.8, 4) is 16.3 Å². The van der Waals surface area contributed by atoms with Gasteiger partial charge in [0.05, 0.1) is 29.6 Å². The highest BCUT2D eigenvalue weighted by Crippen LogP contribution is 2.38. The quantitative estimate of drug-likeness (QED) is 0.729. The Morgan fingerprint density at radius 2 is 2.29 bits per heavy atom. The second-order valence-electron chi connectivity index (χ2n) is 3.68. The zero-order valence-electron chi connectivity index (χ0n) is 9.23. The fraction of sp³-hybridized carbons (Fsp3) is 0.0833. The van der Waals surface area contributed by atoms with Crippen LogP contribution < -0.4 is 10.5 Å². The van der Waals surface area contributed by atoms with Crippen LogP contribution >= 0.6 is 11.3 Å². The van der Waals surface area contributed by atoms with Gasteiger partial charge in [-0.1, -0.05) is 6.07 Å². The molecule has 0 fully saturated rings. The number of methoxy groups -OCH3 is 1. The van der Waals surface area contributed by atoms with Gasteiger partial charge >= 0.3 is 0 Å². The number of thiophene rings is 1. The van der Waals surface area contributed by atoms with Crippen LogP contribution in [-0.4, -0.2) is 17.3 Å². The lowest BCUT2D eigenvalue weighted by molar-refractivity contribution is 0.420. The Labute approximate surface area is 102 Å². The van der Waals surface area contributed by atoms with Crippen LogP contribution in [0.3, 0.4) is 0 Å². The van der Waals surface area contributed by atoms with Gasteiger partial charge in [0.25, 0.3) is 0 Å². The molecule has 86 valence electrons. The Morgan fingerprint density at radius 3 is 3.00 bits per heavy atom. The molecule has 0 atom stereocenters. The Kier molecular flexibility index (Phi) is 2.26. The summed E-state index contributed by atoms with van der Waals surface area (Å²) in [5, 5.41) is 7.95. The van der Waals surface area contributed by atoms with E-state index in [1.54, 1.807) is 24.6 Å². The molecule has 1 aromatic carbocycles. The maximum Gasteiger partial charge on any atom is 0.127 e. The largest absolute Gasteiger partial charge is 0.496 e. The van der Waals surface area contributed by atoms with Gasteiger partial charge in [0, 0.05) is 10.1 Å². The average Bonchev–Trinajstić information content (AvgIpc) is 2.93. The first kappa shape index (κ1) is 10.2. The van der Waals surface area contributed by atoms with Crippen molar-refractivity contribution in [3.63, 3.8) is 0 Å². The van der Waals surface area contributed by atoms with Crippen molar-refractivity contribution < 1.29 is 4.74 Å². The predicted molar refractivity (Wildman–Crippen MR) is 70.4 cm³/mol. The van der Waals surface area contributed by atoms with Gasteiger partial charge in [-0.2, -0.15) is 5.10 Å². The molecule has 0 unspecified atom stereocenters. The molecule has 0 radical (unpaired) electrons. The summed E-state index contributed by atoms with van der Waals surface area (Å²) in [6.45, 7) is 0. The molecule has 0 saturated heterocycles. The molecule has 2 aromatic heterocycles. The molecular weight excluding hydrogens is 234 g/mol. The SMILES string of the molecule is COc1cccc2sc(-c3[nH]ncc3N)cc12. The average molecular weight is 245 g/mol. The zero-order valence-corrected chi connectivity index (χ0v) is 10.0. The van der Waals surface area contributed by atoms with Gasteiger partial charge in [-0.15, -0.1) is 11.3 Å². The smallest absolute Gasteiger partial charge is 0.127 e. The second-order valence-corrected chi connectivity index (χ2v) is 4.77. The number of benzene rings is 1. The first-order valence-corrected chi connectivity index (χ1v) is 5.97. The number of hydrogen-bond acceptors (Lipinski definition) is 4. The lowest BCUT2D eigenvalue weighted by atomic mass is 10.2. The maximum atomic E-state index is 5.85. The van der Waals surface area contributed by atoms with Crippen molar-refractivity contribution in [2.45, 2.75) is 0 Å². The molecule has 17 heavy (non-hydrogen) atoms. The molecule has 3 rings (SSSR count). The summed E-state index contributed by atoms with van der Waals surface area (Å²) < 4.78 is 6.51. The number of aromatic nitrogens is 2. The highest BCUT2D eigenvalue weighted by Gasteiger charge is 2.11. The summed E-state index contributed by atoms with van der Waals surface area (Å²) in [7, 11) is 1.68. The number of nitrogens with two attached hydrogens (primary N) is 1. The van der Waals surface area contributed by atoms with E-state index in [9.17, 15) is 0 Å². The molecule has 0 saturated carbocycles. The first-order valence-electron chi connectivity index (χ1n) is 5.15. The van der Waals surface area contributed by atoms with Gasteiger partial charge < -0.3 is 10.5 Å². The fourth-order valence-corrected chi connectivity index (χ4v) is 2.92. The van der Waals surface area contributed by atoms with E-state index in [4.69, 9.17) is 10.5 Å². The number of hydrogen-bond donors (Lipinski definition) is 2. The third kappa shape index (κ3) is 1.55. The molecule has 0 aliphatic heterocycles. The number of ether oxygens (including phenoxy) is 1. The van der Waals surface area contributed by atoms with Crippen molar-refractivity contribution in [2.75, 3.05) is 12.8 Å². The van der Waals surface area contributed by atoms with Gasteiger partial charge in [-0.3, -0.25) is 5.10 Å². The van der Waals surface area contributed by atoms with Gasteiger partial charge in [-0.05, 0) is 18.2 Å². The van der Waals surface area contributed by atoms with Crippen molar-refractivity contribution in [2.24, 2.45) is 0 Å². The number of aromatic amines is 1. The summed E-state index contributed by atoms with van der Waals surface area (Å²) in [5.41, 5.74) is 7.38. The van der Waals surface area contributed by atoms with E-state index >= 15 is 0 Å². The van der Waals surface area contributed by atoms with Crippen molar-refractivity contribution in [1.29, 1.82) is 0 Å². The van der Waals surface area contributed by atoms with Crippen molar-refractivity contribution >= 4 is 27.1 Å². The minimum atomic E-state index is 0.663. The molecule has 5 heteroatoms. The molecule has 0 bridgehead atoms. The Hall–Kier alpha value is -2.01. The number of fused-ring (bicyclic) bond motifs is 1. The maximum absolute atomic E-state index is 5.85. The Morgan fingerprint density at radius 1 is 1.41 bits per heavy atom. The molecule has 0 spiro atoms. The standard InChI is InChI=1S/C12H11N3OS/c1-16-9-3-2-4-10-7(9)5-11(17-10)12-8(13)6-14-15-12/h2-6H,13H2,1H3,(H,14,15). The molecule has 3 N–H and O–H groups in total. The minimum absolute atomic E-state index is 0.663. The van der Waals surface area contributed by atoms with E-state index in [1.165, 1.54) is 4.70 Å². The predicted octanol–water partition coefficient (Wildman–Crippen LogP) is 2.88. The van der Waals surface area contributed by atoms with Crippen LogP contribution in [-0.2, 0) is 0 Å². The van der Waals surface area contributed by atoms with Crippen LogP contribution in [0.1, 0.15) is 0 Å². The number of rotatable bonds is 2. The molecule has 4 nitrogen and oxygen atoms in total. The molecule has 2 heterocycles. The van der Waals surface area contributed by atoms with E-state index in [2.05, 4.69) is 22.3 Å². The number of anilines is 1.